The van der Waals surface area contributed by atoms with Gasteiger partial charge in [0.25, 0.3) is 5.91 Å². The van der Waals surface area contributed by atoms with E-state index in [2.05, 4.69) is 20.5 Å². The number of carbonyl (C=O) groups excluding carboxylic acids is 1. The summed E-state index contributed by atoms with van der Waals surface area (Å²) in [5.41, 5.74) is 0.0771. The van der Waals surface area contributed by atoms with Crippen LogP contribution in [-0.2, 0) is 4.79 Å². The number of H-pyrrole nitrogens is 1. The number of nitriles is 1. The molecule has 0 radical (unpaired) electrons. The van der Waals surface area contributed by atoms with Crippen LogP contribution in [0.5, 0.6) is 0 Å². The predicted octanol–water partition coefficient (Wildman–Crippen LogP) is 0.637. The molecule has 7 heteroatoms. The minimum atomic E-state index is -0.232. The third kappa shape index (κ3) is 2.85. The Morgan fingerprint density at radius 1 is 1.50 bits per heavy atom. The van der Waals surface area contributed by atoms with E-state index in [1.165, 1.54) is 12.5 Å². The van der Waals surface area contributed by atoms with Gasteiger partial charge in [-0.2, -0.15) is 15.3 Å². The molecule has 0 bridgehead atoms. The number of rotatable bonds is 3. The summed E-state index contributed by atoms with van der Waals surface area (Å²) in [5.74, 6) is 0.165. The van der Waals surface area contributed by atoms with Crippen molar-refractivity contribution in [2.24, 2.45) is 0 Å². The van der Waals surface area contributed by atoms with Gasteiger partial charge in [-0.15, -0.1) is 0 Å². The van der Waals surface area contributed by atoms with Crippen molar-refractivity contribution in [1.82, 2.24) is 20.1 Å². The number of amides is 1. The minimum Gasteiger partial charge on any atom is -0.338 e. The zero-order valence-corrected chi connectivity index (χ0v) is 9.89. The number of likely N-dealkylation sites (tertiary alicyclic amines) is 1. The lowest BCUT2D eigenvalue weighted by Gasteiger charge is -2.26. The van der Waals surface area contributed by atoms with E-state index in [9.17, 15) is 4.79 Å². The van der Waals surface area contributed by atoms with Crippen molar-refractivity contribution >= 4 is 11.9 Å². The van der Waals surface area contributed by atoms with E-state index in [4.69, 9.17) is 5.26 Å². The van der Waals surface area contributed by atoms with Crippen LogP contribution in [0.15, 0.2) is 18.1 Å². The van der Waals surface area contributed by atoms with Crippen LogP contribution in [0.25, 0.3) is 0 Å². The van der Waals surface area contributed by atoms with Crippen molar-refractivity contribution in [3.8, 4) is 6.07 Å². The van der Waals surface area contributed by atoms with Crippen LogP contribution in [0.4, 0.5) is 5.95 Å². The maximum atomic E-state index is 12.0. The van der Waals surface area contributed by atoms with Gasteiger partial charge in [-0.25, -0.2) is 5.10 Å². The molecule has 0 unspecified atom stereocenters. The molecule has 7 nitrogen and oxygen atoms in total. The lowest BCUT2D eigenvalue weighted by Crippen LogP contribution is -2.36. The molecule has 0 aliphatic carbocycles. The number of hydrogen-bond donors (Lipinski definition) is 2. The van der Waals surface area contributed by atoms with Crippen LogP contribution in [0, 0.1) is 11.3 Å². The average Bonchev–Trinajstić information content (AvgIpc) is 2.93. The summed E-state index contributed by atoms with van der Waals surface area (Å²) in [6, 6.07) is 1.91. The standard InChI is InChI=1S/C11H14N6O/c12-6-9(7-13-11-14-8-15-16-11)10(18)17-4-2-1-3-5-17/h7-8H,1-5H2,(H2,13,14,15,16)/b9-7-. The van der Waals surface area contributed by atoms with E-state index in [0.29, 0.717) is 5.95 Å². The van der Waals surface area contributed by atoms with Gasteiger partial charge in [-0.1, -0.05) is 0 Å². The van der Waals surface area contributed by atoms with Crippen LogP contribution in [0.2, 0.25) is 0 Å². The van der Waals surface area contributed by atoms with Crippen molar-refractivity contribution < 1.29 is 4.79 Å². The van der Waals surface area contributed by atoms with Crippen LogP contribution < -0.4 is 5.32 Å². The molecule has 2 heterocycles. The number of anilines is 1. The van der Waals surface area contributed by atoms with Gasteiger partial charge in [-0.05, 0) is 19.3 Å². The summed E-state index contributed by atoms with van der Waals surface area (Å²) in [7, 11) is 0. The summed E-state index contributed by atoms with van der Waals surface area (Å²) in [6.45, 7) is 1.44. The molecule has 1 saturated heterocycles. The molecule has 18 heavy (non-hydrogen) atoms. The van der Waals surface area contributed by atoms with Gasteiger partial charge in [0.2, 0.25) is 5.95 Å². The highest BCUT2D eigenvalue weighted by Gasteiger charge is 2.20. The molecule has 1 fully saturated rings. The number of aromatic nitrogens is 3. The van der Waals surface area contributed by atoms with Gasteiger partial charge < -0.3 is 10.2 Å². The number of nitrogens with one attached hydrogen (secondary N) is 2. The van der Waals surface area contributed by atoms with E-state index in [0.717, 1.165) is 32.4 Å². The Hall–Kier alpha value is -2.36. The highest BCUT2D eigenvalue weighted by Crippen LogP contribution is 2.12. The van der Waals surface area contributed by atoms with Gasteiger partial charge in [0, 0.05) is 19.3 Å². The number of carbonyl (C=O) groups is 1. The second-order valence-corrected chi connectivity index (χ2v) is 4.00. The minimum absolute atomic E-state index is 0.0771. The highest BCUT2D eigenvalue weighted by atomic mass is 16.2. The lowest BCUT2D eigenvalue weighted by atomic mass is 10.1. The Bertz CT molecular complexity index is 466. The molecule has 2 rings (SSSR count). The van der Waals surface area contributed by atoms with Crippen molar-refractivity contribution in [3.63, 3.8) is 0 Å². The Balaban J connectivity index is 2.01. The zero-order valence-electron chi connectivity index (χ0n) is 9.89. The number of aromatic amines is 1. The van der Waals surface area contributed by atoms with Crippen molar-refractivity contribution in [3.05, 3.63) is 18.1 Å². The molecule has 1 aromatic rings. The molecule has 0 spiro atoms. The first kappa shape index (κ1) is 12.1. The number of piperidine rings is 1. The van der Waals surface area contributed by atoms with E-state index >= 15 is 0 Å². The Kier molecular flexibility index (Phi) is 3.91. The molecule has 0 atom stereocenters. The summed E-state index contributed by atoms with van der Waals surface area (Å²) in [6.07, 6.45) is 5.85. The first-order valence-electron chi connectivity index (χ1n) is 5.82. The topological polar surface area (TPSA) is 97.7 Å². The predicted molar refractivity (Wildman–Crippen MR) is 64.1 cm³/mol. The molecule has 1 aliphatic heterocycles. The summed E-state index contributed by atoms with van der Waals surface area (Å²) in [4.78, 5) is 17.6. The van der Waals surface area contributed by atoms with Gasteiger partial charge in [0.15, 0.2) is 0 Å². The lowest BCUT2D eigenvalue weighted by molar-refractivity contribution is -0.127. The van der Waals surface area contributed by atoms with Crippen LogP contribution in [0.3, 0.4) is 0 Å². The van der Waals surface area contributed by atoms with E-state index in [-0.39, 0.29) is 11.5 Å². The van der Waals surface area contributed by atoms with Crippen LogP contribution in [-0.4, -0.2) is 39.1 Å². The highest BCUT2D eigenvalue weighted by molar-refractivity contribution is 5.97. The SMILES string of the molecule is N#C/C(=C/Nc1ncn[nH]1)C(=O)N1CCCCC1. The first-order valence-corrected chi connectivity index (χ1v) is 5.82. The maximum Gasteiger partial charge on any atom is 0.266 e. The molecule has 0 aromatic carbocycles. The fourth-order valence-corrected chi connectivity index (χ4v) is 1.82. The second kappa shape index (κ2) is 5.82. The molecule has 94 valence electrons. The van der Waals surface area contributed by atoms with E-state index in [1.54, 1.807) is 4.90 Å². The molecule has 1 aromatic heterocycles. The van der Waals surface area contributed by atoms with E-state index in [1.807, 2.05) is 6.07 Å². The second-order valence-electron chi connectivity index (χ2n) is 4.00. The average molecular weight is 246 g/mol. The maximum absolute atomic E-state index is 12.0. The monoisotopic (exact) mass is 246 g/mol. The van der Waals surface area contributed by atoms with Gasteiger partial charge in [-0.3, -0.25) is 4.79 Å². The molecular formula is C11H14N6O. The fourth-order valence-electron chi connectivity index (χ4n) is 1.82. The van der Waals surface area contributed by atoms with Crippen molar-refractivity contribution in [2.75, 3.05) is 18.4 Å². The van der Waals surface area contributed by atoms with Crippen molar-refractivity contribution in [1.29, 1.82) is 5.26 Å². The van der Waals surface area contributed by atoms with Crippen LogP contribution >= 0.6 is 0 Å². The van der Waals surface area contributed by atoms with E-state index < -0.39 is 0 Å². The molecule has 1 aliphatic rings. The zero-order chi connectivity index (χ0) is 12.8. The summed E-state index contributed by atoms with van der Waals surface area (Å²) in [5, 5.41) is 18.0. The van der Waals surface area contributed by atoms with Crippen molar-refractivity contribution in [2.45, 2.75) is 19.3 Å². The Labute approximate surface area is 105 Å². The number of nitrogens with zero attached hydrogens (tertiary/aromatic N) is 4. The quantitative estimate of drug-likeness (QED) is 0.602. The third-order valence-corrected chi connectivity index (χ3v) is 2.76. The van der Waals surface area contributed by atoms with Gasteiger partial charge in [0.1, 0.15) is 18.0 Å². The summed E-state index contributed by atoms with van der Waals surface area (Å²) < 4.78 is 0. The fraction of sp³-hybridized carbons (Fsp3) is 0.455. The molecular weight excluding hydrogens is 232 g/mol. The Morgan fingerprint density at radius 2 is 2.28 bits per heavy atom. The Morgan fingerprint density at radius 3 is 2.89 bits per heavy atom. The third-order valence-electron chi connectivity index (χ3n) is 2.76. The normalized spacial score (nSPS) is 16.2. The molecule has 1 amide bonds. The first-order chi connectivity index (χ1) is 8.81. The number of hydrogen-bond acceptors (Lipinski definition) is 5. The smallest absolute Gasteiger partial charge is 0.266 e. The van der Waals surface area contributed by atoms with Gasteiger partial charge >= 0.3 is 0 Å². The summed E-state index contributed by atoms with van der Waals surface area (Å²) >= 11 is 0. The largest absolute Gasteiger partial charge is 0.338 e. The van der Waals surface area contributed by atoms with Gasteiger partial charge in [0.05, 0.1) is 0 Å². The van der Waals surface area contributed by atoms with Crippen LogP contribution in [0.1, 0.15) is 19.3 Å². The molecule has 0 saturated carbocycles. The molecule has 2 N–H and O–H groups in total.